The van der Waals surface area contributed by atoms with Gasteiger partial charge in [-0.1, -0.05) is 168 Å². The first-order valence-electron chi connectivity index (χ1n) is 29.4. The second kappa shape index (κ2) is 50.7. The van der Waals surface area contributed by atoms with Gasteiger partial charge in [-0.2, -0.15) is 0 Å². The standard InChI is InChI=1S/C56H110N10O6/c1-3-5-7-9-11-13-15-17-19-21-23-25-27-40-51(68)61-44-34-31-38-48(64-52(69)41-28-26-24-22-20-18-16-14-12-10-8-6-4-2)54(71)65-49(37-30-33-43-58)55(72)66-50(39-35-45-62-56(59)60)53(70)63-47(46-67)36-29-32-42-57/h46-50H,3-45,57-58H2,1-2H3,(H,61,68)(H,63,70)(H,64,69)(H,65,71)(H,66,72)(H4,59,60,62). The number of nitrogens with zero attached hydrogens (tertiary/aromatic N) is 1. The van der Waals surface area contributed by atoms with Crippen molar-refractivity contribution in [2.45, 2.75) is 288 Å². The van der Waals surface area contributed by atoms with Gasteiger partial charge in [0.25, 0.3) is 0 Å². The minimum Gasteiger partial charge on any atom is -0.370 e. The number of hydrogen-bond acceptors (Lipinski definition) is 9. The number of aldehydes is 1. The Balaban J connectivity index is 5.55. The molecule has 0 fully saturated rings. The summed E-state index contributed by atoms with van der Waals surface area (Å²) in [7, 11) is 0. The number of amides is 5. The normalized spacial score (nSPS) is 12.8. The van der Waals surface area contributed by atoms with Crippen molar-refractivity contribution in [3.05, 3.63) is 0 Å². The van der Waals surface area contributed by atoms with Crippen LogP contribution in [0.2, 0.25) is 0 Å². The fourth-order valence-corrected chi connectivity index (χ4v) is 8.98. The number of aliphatic imine (C=N–C) groups is 1. The summed E-state index contributed by atoms with van der Waals surface area (Å²) in [5, 5.41) is 14.4. The molecule has 0 aliphatic carbocycles. The molecule has 0 bridgehead atoms. The van der Waals surface area contributed by atoms with Crippen molar-refractivity contribution in [3.8, 4) is 0 Å². The van der Waals surface area contributed by atoms with Gasteiger partial charge in [-0.15, -0.1) is 0 Å². The molecule has 0 aromatic carbocycles. The molecular formula is C56H110N10O6. The highest BCUT2D eigenvalue weighted by molar-refractivity contribution is 5.94. The van der Waals surface area contributed by atoms with Crippen LogP contribution in [0.15, 0.2) is 4.99 Å². The van der Waals surface area contributed by atoms with Gasteiger partial charge < -0.3 is 54.3 Å². The summed E-state index contributed by atoms with van der Waals surface area (Å²) in [5.41, 5.74) is 22.4. The lowest BCUT2D eigenvalue weighted by Crippen LogP contribution is -2.57. The van der Waals surface area contributed by atoms with Gasteiger partial charge in [-0.3, -0.25) is 29.0 Å². The highest BCUT2D eigenvalue weighted by Crippen LogP contribution is 2.16. The predicted octanol–water partition coefficient (Wildman–Crippen LogP) is 8.69. The first-order valence-corrected chi connectivity index (χ1v) is 29.4. The van der Waals surface area contributed by atoms with Crippen molar-refractivity contribution in [3.63, 3.8) is 0 Å². The molecule has 13 N–H and O–H groups in total. The van der Waals surface area contributed by atoms with Gasteiger partial charge in [0.2, 0.25) is 29.5 Å². The Morgan fingerprint density at radius 2 is 0.778 bits per heavy atom. The zero-order valence-electron chi connectivity index (χ0n) is 46.0. The van der Waals surface area contributed by atoms with Crippen LogP contribution in [0.4, 0.5) is 0 Å². The molecule has 4 atom stereocenters. The Hall–Kier alpha value is -3.79. The molecule has 0 saturated carbocycles. The topological polar surface area (TPSA) is 279 Å². The van der Waals surface area contributed by atoms with Crippen molar-refractivity contribution in [2.24, 2.45) is 27.9 Å². The first kappa shape index (κ1) is 68.2. The van der Waals surface area contributed by atoms with E-state index in [-0.39, 0.29) is 37.2 Å². The molecular weight excluding hydrogens is 909 g/mol. The molecule has 0 aliphatic heterocycles. The molecule has 16 heteroatoms. The molecule has 0 spiro atoms. The van der Waals surface area contributed by atoms with Gasteiger partial charge in [0.05, 0.1) is 6.04 Å². The lowest BCUT2D eigenvalue weighted by atomic mass is 10.0. The quantitative estimate of drug-likeness (QED) is 0.0121. The van der Waals surface area contributed by atoms with Crippen LogP contribution < -0.4 is 49.5 Å². The largest absolute Gasteiger partial charge is 0.370 e. The van der Waals surface area contributed by atoms with E-state index in [1.165, 1.54) is 122 Å². The Bertz CT molecular complexity index is 1380. The van der Waals surface area contributed by atoms with Crippen molar-refractivity contribution >= 4 is 41.8 Å². The van der Waals surface area contributed by atoms with E-state index < -0.39 is 41.9 Å². The van der Waals surface area contributed by atoms with Crippen molar-refractivity contribution in [2.75, 3.05) is 26.2 Å². The van der Waals surface area contributed by atoms with E-state index in [0.717, 1.165) is 44.9 Å². The number of carbonyl (C=O) groups is 6. The monoisotopic (exact) mass is 1020 g/mol. The minimum atomic E-state index is -1.05. The van der Waals surface area contributed by atoms with E-state index >= 15 is 0 Å². The zero-order chi connectivity index (χ0) is 53.1. The third-order valence-electron chi connectivity index (χ3n) is 13.5. The predicted molar refractivity (Wildman–Crippen MR) is 297 cm³/mol. The third kappa shape index (κ3) is 42.7. The molecule has 4 unspecified atom stereocenters. The Kier molecular flexibility index (Phi) is 48.1. The average Bonchev–Trinajstić information content (AvgIpc) is 3.36. The third-order valence-corrected chi connectivity index (χ3v) is 13.5. The molecule has 0 aromatic heterocycles. The summed E-state index contributed by atoms with van der Waals surface area (Å²) in [6, 6.07) is -3.75. The van der Waals surface area contributed by atoms with E-state index in [1.807, 2.05) is 0 Å². The number of hydrogen-bond donors (Lipinski definition) is 9. The lowest BCUT2D eigenvalue weighted by Gasteiger charge is -2.26. The molecule has 0 heterocycles. The summed E-state index contributed by atoms with van der Waals surface area (Å²) in [5.74, 6) is -1.90. The maximum absolute atomic E-state index is 14.1. The number of carbonyl (C=O) groups excluding carboxylic acids is 6. The van der Waals surface area contributed by atoms with E-state index in [4.69, 9.17) is 22.9 Å². The summed E-state index contributed by atoms with van der Waals surface area (Å²) < 4.78 is 0. The van der Waals surface area contributed by atoms with Crippen molar-refractivity contribution in [1.82, 2.24) is 26.6 Å². The van der Waals surface area contributed by atoms with Crippen LogP contribution in [0.1, 0.15) is 264 Å². The van der Waals surface area contributed by atoms with E-state index in [1.54, 1.807) is 0 Å². The molecule has 72 heavy (non-hydrogen) atoms. The second-order valence-electron chi connectivity index (χ2n) is 20.3. The molecule has 0 radical (unpaired) electrons. The fraction of sp³-hybridized carbons (Fsp3) is 0.875. The van der Waals surface area contributed by atoms with Crippen LogP contribution in [0.5, 0.6) is 0 Å². The Morgan fingerprint density at radius 3 is 1.19 bits per heavy atom. The Morgan fingerprint density at radius 1 is 0.417 bits per heavy atom. The zero-order valence-corrected chi connectivity index (χ0v) is 46.0. The van der Waals surface area contributed by atoms with Crippen LogP contribution in [-0.4, -0.2) is 92.1 Å². The van der Waals surface area contributed by atoms with Crippen molar-refractivity contribution < 1.29 is 28.8 Å². The van der Waals surface area contributed by atoms with E-state index in [2.05, 4.69) is 45.4 Å². The number of nitrogens with two attached hydrogens (primary N) is 4. The number of guanidine groups is 1. The van der Waals surface area contributed by atoms with Crippen LogP contribution in [0.25, 0.3) is 0 Å². The van der Waals surface area contributed by atoms with Crippen molar-refractivity contribution in [1.29, 1.82) is 0 Å². The number of nitrogens with one attached hydrogen (secondary N) is 5. The summed E-state index contributed by atoms with van der Waals surface area (Å²) in [4.78, 5) is 83.7. The van der Waals surface area contributed by atoms with Crippen LogP contribution in [0, 0.1) is 0 Å². The average molecular weight is 1020 g/mol. The minimum absolute atomic E-state index is 0.0290. The van der Waals surface area contributed by atoms with Gasteiger partial charge in [0, 0.05) is 25.9 Å². The second-order valence-corrected chi connectivity index (χ2v) is 20.3. The van der Waals surface area contributed by atoms with Gasteiger partial charge >= 0.3 is 0 Å². The summed E-state index contributed by atoms with van der Waals surface area (Å²) in [6.45, 7) is 6.03. The van der Waals surface area contributed by atoms with Gasteiger partial charge in [0.15, 0.2) is 5.96 Å². The summed E-state index contributed by atoms with van der Waals surface area (Å²) >= 11 is 0. The van der Waals surface area contributed by atoms with Gasteiger partial charge in [0.1, 0.15) is 24.4 Å². The Labute approximate surface area is 438 Å². The van der Waals surface area contributed by atoms with Crippen LogP contribution >= 0.6 is 0 Å². The molecule has 5 amide bonds. The number of unbranched alkanes of at least 4 members (excludes halogenated alkanes) is 27. The first-order chi connectivity index (χ1) is 35.0. The smallest absolute Gasteiger partial charge is 0.243 e. The molecule has 0 rings (SSSR count). The molecule has 0 saturated heterocycles. The van der Waals surface area contributed by atoms with Crippen LogP contribution in [-0.2, 0) is 28.8 Å². The van der Waals surface area contributed by atoms with Crippen LogP contribution in [0.3, 0.4) is 0 Å². The number of rotatable bonds is 53. The molecule has 0 aromatic rings. The van der Waals surface area contributed by atoms with Gasteiger partial charge in [-0.25, -0.2) is 0 Å². The highest BCUT2D eigenvalue weighted by atomic mass is 16.2. The van der Waals surface area contributed by atoms with E-state index in [0.29, 0.717) is 96.5 Å². The molecule has 420 valence electrons. The fourth-order valence-electron chi connectivity index (χ4n) is 8.98. The molecule has 0 aliphatic rings. The highest BCUT2D eigenvalue weighted by Gasteiger charge is 2.30. The maximum atomic E-state index is 14.1. The van der Waals surface area contributed by atoms with Gasteiger partial charge in [-0.05, 0) is 96.6 Å². The molecule has 16 nitrogen and oxygen atoms in total. The van der Waals surface area contributed by atoms with E-state index in [9.17, 15) is 28.8 Å². The summed E-state index contributed by atoms with van der Waals surface area (Å²) in [6.07, 6.45) is 38.4. The maximum Gasteiger partial charge on any atom is 0.243 e. The lowest BCUT2D eigenvalue weighted by molar-refractivity contribution is -0.134. The SMILES string of the molecule is CCCCCCCCCCCCCCCC(=O)NCCCCC(NC(=O)CCCCCCCCCCCCCCC)C(=O)NC(CCCCN)C(=O)NC(CCCN=C(N)N)C(=O)NC(C=O)CCCCN.